The van der Waals surface area contributed by atoms with Crippen LogP contribution in [-0.4, -0.2) is 26.9 Å². The van der Waals surface area contributed by atoms with Gasteiger partial charge < -0.3 is 9.30 Å². The van der Waals surface area contributed by atoms with Crippen LogP contribution < -0.4 is 4.74 Å². The van der Waals surface area contributed by atoms with Crippen LogP contribution in [0.25, 0.3) is 10.2 Å². The van der Waals surface area contributed by atoms with E-state index in [4.69, 9.17) is 4.74 Å². The molecule has 0 bridgehead atoms. The molecule has 0 unspecified atom stereocenters. The van der Waals surface area contributed by atoms with Crippen molar-refractivity contribution in [2.24, 2.45) is 0 Å². The fourth-order valence-electron chi connectivity index (χ4n) is 2.96. The first kappa shape index (κ1) is 17.4. The molecule has 3 aromatic rings. The number of nitrogens with zero attached hydrogens (tertiary/aromatic N) is 3. The Morgan fingerprint density at radius 3 is 2.80 bits per heavy atom. The van der Waals surface area contributed by atoms with Crippen molar-refractivity contribution >= 4 is 27.3 Å². The number of rotatable bonds is 6. The molecule has 0 saturated heterocycles. The largest absolute Gasteiger partial charge is 0.469 e. The Balaban J connectivity index is 1.84. The molecule has 5 nitrogen and oxygen atoms in total. The van der Waals surface area contributed by atoms with Gasteiger partial charge in [0.2, 0.25) is 11.7 Å². The summed E-state index contributed by atoms with van der Waals surface area (Å²) in [5.41, 5.74) is 3.76. The van der Waals surface area contributed by atoms with E-state index in [1.165, 1.54) is 11.2 Å². The monoisotopic (exact) mass is 355 g/mol. The summed E-state index contributed by atoms with van der Waals surface area (Å²) in [6.45, 7) is 12.4. The fourth-order valence-corrected chi connectivity index (χ4v) is 3.95. The molecular formula is C19H21N3O2S. The number of aryl methyl sites for hydroxylation is 3. The lowest BCUT2D eigenvalue weighted by molar-refractivity contribution is 0.0918. The maximum Gasteiger partial charge on any atom is 0.226 e. The van der Waals surface area contributed by atoms with Crippen molar-refractivity contribution in [3.63, 3.8) is 0 Å². The number of ketones is 1. The first-order valence-electron chi connectivity index (χ1n) is 8.08. The van der Waals surface area contributed by atoms with Gasteiger partial charge in [-0.05, 0) is 39.3 Å². The number of aromatic nitrogens is 3. The van der Waals surface area contributed by atoms with E-state index in [-0.39, 0.29) is 12.4 Å². The summed E-state index contributed by atoms with van der Waals surface area (Å²) in [4.78, 5) is 23.2. The van der Waals surface area contributed by atoms with E-state index >= 15 is 0 Å². The minimum atomic E-state index is -0.0558. The topological polar surface area (TPSA) is 57.0 Å². The van der Waals surface area contributed by atoms with Crippen molar-refractivity contribution in [3.05, 3.63) is 52.4 Å². The summed E-state index contributed by atoms with van der Waals surface area (Å²) in [5, 5.41) is 0.898. The summed E-state index contributed by atoms with van der Waals surface area (Å²) in [6.07, 6.45) is 3.30. The number of thiophene rings is 1. The van der Waals surface area contributed by atoms with Gasteiger partial charge >= 0.3 is 0 Å². The van der Waals surface area contributed by atoms with Gasteiger partial charge in [-0.25, -0.2) is 9.97 Å². The molecule has 0 aliphatic carbocycles. The van der Waals surface area contributed by atoms with E-state index < -0.39 is 0 Å². The van der Waals surface area contributed by atoms with Crippen LogP contribution in [0.2, 0.25) is 0 Å². The Kier molecular flexibility index (Phi) is 4.72. The predicted molar refractivity (Wildman–Crippen MR) is 101 cm³/mol. The lowest BCUT2D eigenvalue weighted by Gasteiger charge is -2.08. The van der Waals surface area contributed by atoms with Crippen LogP contribution in [0, 0.1) is 27.7 Å². The molecule has 0 radical (unpaired) electrons. The van der Waals surface area contributed by atoms with Gasteiger partial charge in [-0.1, -0.05) is 6.08 Å². The van der Waals surface area contributed by atoms with Crippen LogP contribution >= 0.6 is 11.3 Å². The third-order valence-electron chi connectivity index (χ3n) is 4.46. The number of ether oxygens (including phenoxy) is 1. The maximum atomic E-state index is 12.6. The fraction of sp³-hybridized carbons (Fsp3) is 0.316. The van der Waals surface area contributed by atoms with Gasteiger partial charge in [-0.3, -0.25) is 4.79 Å². The predicted octanol–water partition coefficient (Wildman–Crippen LogP) is 4.17. The summed E-state index contributed by atoms with van der Waals surface area (Å²) in [7, 11) is 0. The van der Waals surface area contributed by atoms with Crippen molar-refractivity contribution in [3.8, 4) is 5.88 Å². The van der Waals surface area contributed by atoms with E-state index in [2.05, 4.69) is 21.1 Å². The highest BCUT2D eigenvalue weighted by molar-refractivity contribution is 7.18. The van der Waals surface area contributed by atoms with Gasteiger partial charge in [-0.15, -0.1) is 17.9 Å². The molecule has 0 aliphatic heterocycles. The molecule has 0 aliphatic rings. The smallest absolute Gasteiger partial charge is 0.226 e. The van der Waals surface area contributed by atoms with Crippen LogP contribution in [-0.2, 0) is 6.54 Å². The highest BCUT2D eigenvalue weighted by Gasteiger charge is 2.18. The zero-order valence-electron chi connectivity index (χ0n) is 14.9. The Hall–Kier alpha value is -2.47. The van der Waals surface area contributed by atoms with Gasteiger partial charge in [-0.2, -0.15) is 0 Å². The van der Waals surface area contributed by atoms with Gasteiger partial charge in [0.25, 0.3) is 0 Å². The lowest BCUT2D eigenvalue weighted by Crippen LogP contribution is -2.13. The molecule has 0 spiro atoms. The maximum absolute atomic E-state index is 12.6. The molecule has 25 heavy (non-hydrogen) atoms. The number of hydrogen-bond acceptors (Lipinski definition) is 5. The van der Waals surface area contributed by atoms with E-state index in [9.17, 15) is 4.79 Å². The minimum absolute atomic E-state index is 0.0428. The quantitative estimate of drug-likeness (QED) is 0.492. The van der Waals surface area contributed by atoms with Crippen molar-refractivity contribution in [1.29, 1.82) is 0 Å². The normalized spacial score (nSPS) is 11.0. The molecule has 0 N–H and O–H groups in total. The third kappa shape index (κ3) is 3.09. The van der Waals surface area contributed by atoms with Crippen molar-refractivity contribution in [2.75, 3.05) is 6.61 Å². The van der Waals surface area contributed by atoms with Crippen LogP contribution in [0.5, 0.6) is 5.88 Å². The Morgan fingerprint density at radius 2 is 2.08 bits per heavy atom. The van der Waals surface area contributed by atoms with Crippen LogP contribution in [0.3, 0.4) is 0 Å². The first-order chi connectivity index (χ1) is 11.9. The zero-order chi connectivity index (χ0) is 18.1. The molecule has 130 valence electrons. The Bertz CT molecular complexity index is 969. The lowest BCUT2D eigenvalue weighted by atomic mass is 10.1. The average Bonchev–Trinajstić information content (AvgIpc) is 3.04. The van der Waals surface area contributed by atoms with Crippen LogP contribution in [0.1, 0.15) is 32.2 Å². The first-order valence-corrected chi connectivity index (χ1v) is 8.90. The number of hydrogen-bond donors (Lipinski definition) is 0. The third-order valence-corrected chi connectivity index (χ3v) is 5.57. The van der Waals surface area contributed by atoms with Gasteiger partial charge in [0, 0.05) is 28.4 Å². The van der Waals surface area contributed by atoms with Gasteiger partial charge in [0.1, 0.15) is 11.2 Å². The molecule has 3 heterocycles. The van der Waals surface area contributed by atoms with Crippen LogP contribution in [0.15, 0.2) is 25.0 Å². The SMILES string of the molecule is C=CCn1c(C)cc(C(=O)COc2ncnc3sc(C)c(C)c23)c1C. The molecule has 0 aromatic carbocycles. The van der Waals surface area contributed by atoms with Crippen molar-refractivity contribution in [2.45, 2.75) is 34.2 Å². The van der Waals surface area contributed by atoms with Crippen LogP contribution in [0.4, 0.5) is 0 Å². The highest BCUT2D eigenvalue weighted by atomic mass is 32.1. The van der Waals surface area contributed by atoms with Crippen molar-refractivity contribution < 1.29 is 9.53 Å². The minimum Gasteiger partial charge on any atom is -0.469 e. The summed E-state index contributed by atoms with van der Waals surface area (Å²) in [5.74, 6) is 0.417. The highest BCUT2D eigenvalue weighted by Crippen LogP contribution is 2.33. The second-order valence-corrected chi connectivity index (χ2v) is 7.24. The van der Waals surface area contributed by atoms with E-state index in [1.807, 2.05) is 39.8 Å². The summed E-state index contributed by atoms with van der Waals surface area (Å²) < 4.78 is 7.84. The summed E-state index contributed by atoms with van der Waals surface area (Å²) in [6, 6.07) is 1.90. The van der Waals surface area contributed by atoms with E-state index in [0.29, 0.717) is 18.0 Å². The van der Waals surface area contributed by atoms with E-state index in [1.54, 1.807) is 11.3 Å². The molecule has 0 amide bonds. The molecule has 3 aromatic heterocycles. The molecule has 0 atom stereocenters. The van der Waals surface area contributed by atoms with Gasteiger partial charge in [0.05, 0.1) is 5.39 Å². The standard InChI is InChI=1S/C19H21N3O2S/c1-6-7-22-11(2)8-15(13(22)4)16(23)9-24-18-17-12(3)14(5)25-19(17)21-10-20-18/h6,8,10H,1,7,9H2,2-5H3. The summed E-state index contributed by atoms with van der Waals surface area (Å²) >= 11 is 1.61. The molecule has 0 fully saturated rings. The average molecular weight is 355 g/mol. The molecule has 3 rings (SSSR count). The number of fused-ring (bicyclic) bond motifs is 1. The molecule has 0 saturated carbocycles. The molecular weight excluding hydrogens is 334 g/mol. The second kappa shape index (κ2) is 6.80. The van der Waals surface area contributed by atoms with Crippen molar-refractivity contribution in [1.82, 2.24) is 14.5 Å². The number of carbonyl (C=O) groups is 1. The van der Waals surface area contributed by atoms with E-state index in [0.717, 1.165) is 27.2 Å². The second-order valence-electron chi connectivity index (χ2n) is 6.04. The zero-order valence-corrected chi connectivity index (χ0v) is 15.7. The Labute approximate surface area is 151 Å². The number of allylic oxidation sites excluding steroid dienone is 1. The number of carbonyl (C=O) groups excluding carboxylic acids is 1. The Morgan fingerprint density at radius 1 is 1.32 bits per heavy atom. The van der Waals surface area contributed by atoms with Gasteiger partial charge in [0.15, 0.2) is 6.61 Å². The number of Topliss-reactive ketones (excluding diaryl/α,β-unsaturated/α-hetero) is 1. The molecule has 6 heteroatoms.